The van der Waals surface area contributed by atoms with Gasteiger partial charge in [-0.2, -0.15) is 5.10 Å². The number of rotatable bonds is 2. The molecule has 0 amide bonds. The Kier molecular flexibility index (Phi) is 3.59. The van der Waals surface area contributed by atoms with Crippen LogP contribution in [-0.4, -0.2) is 23.9 Å². The molecule has 0 radical (unpaired) electrons. The molecule has 1 aliphatic heterocycles. The molecule has 6 heteroatoms. The fourth-order valence-electron chi connectivity index (χ4n) is 2.32. The molecule has 1 N–H and O–H groups in total. The van der Waals surface area contributed by atoms with Gasteiger partial charge in [-0.3, -0.25) is 5.43 Å². The van der Waals surface area contributed by atoms with Crippen molar-refractivity contribution < 1.29 is 9.47 Å². The summed E-state index contributed by atoms with van der Waals surface area (Å²) in [5, 5.41) is 5.14. The van der Waals surface area contributed by atoms with Gasteiger partial charge in [0.15, 0.2) is 11.5 Å². The summed E-state index contributed by atoms with van der Waals surface area (Å²) in [4.78, 5) is 4.49. The van der Waals surface area contributed by atoms with Crippen molar-refractivity contribution >= 4 is 32.4 Å². The van der Waals surface area contributed by atoms with Crippen molar-refractivity contribution in [2.75, 3.05) is 18.6 Å². The second-order valence-corrected chi connectivity index (χ2v) is 6.33. The van der Waals surface area contributed by atoms with Crippen molar-refractivity contribution in [2.45, 2.75) is 6.92 Å². The van der Waals surface area contributed by atoms with Gasteiger partial charge in [-0.25, -0.2) is 4.98 Å². The van der Waals surface area contributed by atoms with Crippen LogP contribution in [0.2, 0.25) is 0 Å². The number of nitrogens with one attached hydrogen (secondary N) is 1. The summed E-state index contributed by atoms with van der Waals surface area (Å²) >= 11 is 1.57. The van der Waals surface area contributed by atoms with Crippen LogP contribution >= 0.6 is 11.3 Å². The van der Waals surface area contributed by atoms with E-state index in [2.05, 4.69) is 15.5 Å². The number of ether oxygens (including phenoxy) is 2. The summed E-state index contributed by atoms with van der Waals surface area (Å²) in [6.45, 7) is 2.82. The third-order valence-electron chi connectivity index (χ3n) is 3.49. The molecule has 0 saturated carbocycles. The standard InChI is InChI=1S/C17H15N3O2S/c1-11-6-7-14-15(8-11)22-10-12(9-21-14)19-20-17-18-13-4-2-3-5-16(13)23-17/h2-8H,9-10H2,1H3,(H,18,20)/b19-12+. The average Bonchev–Trinajstić information content (AvgIpc) is 2.87. The maximum atomic E-state index is 5.78. The molecular formula is C17H15N3O2S. The molecule has 0 saturated heterocycles. The monoisotopic (exact) mass is 325 g/mol. The first-order valence-electron chi connectivity index (χ1n) is 7.31. The molecule has 0 fully saturated rings. The number of hydrazone groups is 1. The molecule has 0 unspecified atom stereocenters. The lowest BCUT2D eigenvalue weighted by Crippen LogP contribution is -2.17. The maximum Gasteiger partial charge on any atom is 0.204 e. The molecule has 3 aromatic rings. The molecule has 1 aliphatic rings. The Morgan fingerprint density at radius 3 is 2.78 bits per heavy atom. The Morgan fingerprint density at radius 1 is 1.09 bits per heavy atom. The normalized spacial score (nSPS) is 15.6. The molecule has 4 rings (SSSR count). The van der Waals surface area contributed by atoms with E-state index in [0.29, 0.717) is 13.2 Å². The van der Waals surface area contributed by atoms with Crippen LogP contribution in [0.3, 0.4) is 0 Å². The Morgan fingerprint density at radius 2 is 1.91 bits per heavy atom. The van der Waals surface area contributed by atoms with E-state index in [1.807, 2.05) is 49.4 Å². The molecule has 2 heterocycles. The highest BCUT2D eigenvalue weighted by Crippen LogP contribution is 2.30. The van der Waals surface area contributed by atoms with E-state index in [4.69, 9.17) is 9.47 Å². The number of nitrogens with zero attached hydrogens (tertiary/aromatic N) is 2. The zero-order valence-corrected chi connectivity index (χ0v) is 13.4. The van der Waals surface area contributed by atoms with Crippen molar-refractivity contribution in [1.82, 2.24) is 4.98 Å². The van der Waals surface area contributed by atoms with E-state index in [0.717, 1.165) is 38.1 Å². The van der Waals surface area contributed by atoms with Gasteiger partial charge >= 0.3 is 0 Å². The van der Waals surface area contributed by atoms with Crippen molar-refractivity contribution in [3.63, 3.8) is 0 Å². The van der Waals surface area contributed by atoms with Gasteiger partial charge in [-0.15, -0.1) is 0 Å². The van der Waals surface area contributed by atoms with Gasteiger partial charge in [0.05, 0.1) is 10.2 Å². The second kappa shape index (κ2) is 5.89. The molecule has 0 aliphatic carbocycles. The number of benzene rings is 2. The van der Waals surface area contributed by atoms with E-state index in [-0.39, 0.29) is 0 Å². The number of para-hydroxylation sites is 1. The van der Waals surface area contributed by atoms with E-state index < -0.39 is 0 Å². The van der Waals surface area contributed by atoms with Gasteiger partial charge < -0.3 is 9.47 Å². The molecular weight excluding hydrogens is 310 g/mol. The van der Waals surface area contributed by atoms with Crippen LogP contribution in [-0.2, 0) is 0 Å². The minimum atomic E-state index is 0.397. The van der Waals surface area contributed by atoms with Gasteiger partial charge in [-0.05, 0) is 36.8 Å². The van der Waals surface area contributed by atoms with Crippen molar-refractivity contribution in [3.05, 3.63) is 48.0 Å². The summed E-state index contributed by atoms with van der Waals surface area (Å²) in [5.41, 5.74) is 5.90. The SMILES string of the molecule is Cc1ccc2c(c1)OC/C(=N/Nc1nc3ccccc3s1)CO2. The number of aryl methyl sites for hydroxylation is 1. The largest absolute Gasteiger partial charge is 0.484 e. The highest BCUT2D eigenvalue weighted by molar-refractivity contribution is 7.22. The third kappa shape index (κ3) is 2.98. The van der Waals surface area contributed by atoms with Gasteiger partial charge in [0.2, 0.25) is 5.13 Å². The first kappa shape index (κ1) is 14.0. The Hall–Kier alpha value is -2.60. The van der Waals surface area contributed by atoms with Crippen LogP contribution in [0.15, 0.2) is 47.6 Å². The van der Waals surface area contributed by atoms with Gasteiger partial charge in [0, 0.05) is 0 Å². The summed E-state index contributed by atoms with van der Waals surface area (Å²) < 4.78 is 12.7. The first-order chi connectivity index (χ1) is 11.3. The fraction of sp³-hybridized carbons (Fsp3) is 0.176. The zero-order valence-electron chi connectivity index (χ0n) is 12.6. The molecule has 1 aromatic heterocycles. The summed E-state index contributed by atoms with van der Waals surface area (Å²) in [5.74, 6) is 1.51. The Bertz CT molecular complexity index is 855. The lowest BCUT2D eigenvalue weighted by Gasteiger charge is -2.06. The number of hydrogen-bond donors (Lipinski definition) is 1. The number of fused-ring (bicyclic) bond motifs is 2. The van der Waals surface area contributed by atoms with Gasteiger partial charge in [0.1, 0.15) is 18.9 Å². The topological polar surface area (TPSA) is 55.7 Å². The lowest BCUT2D eigenvalue weighted by atomic mass is 10.2. The zero-order chi connectivity index (χ0) is 15.6. The van der Waals surface area contributed by atoms with Crippen LogP contribution in [0.5, 0.6) is 11.5 Å². The minimum Gasteiger partial charge on any atom is -0.484 e. The highest BCUT2D eigenvalue weighted by atomic mass is 32.1. The molecule has 2 aromatic carbocycles. The molecule has 116 valence electrons. The van der Waals surface area contributed by atoms with Crippen LogP contribution in [0.25, 0.3) is 10.2 Å². The second-order valence-electron chi connectivity index (χ2n) is 5.30. The third-order valence-corrected chi connectivity index (χ3v) is 4.43. The first-order valence-corrected chi connectivity index (χ1v) is 8.13. The van der Waals surface area contributed by atoms with Crippen molar-refractivity contribution in [2.24, 2.45) is 5.10 Å². The van der Waals surface area contributed by atoms with Crippen molar-refractivity contribution in [1.29, 1.82) is 0 Å². The molecule has 23 heavy (non-hydrogen) atoms. The maximum absolute atomic E-state index is 5.78. The Balaban J connectivity index is 1.49. The predicted octanol–water partition coefficient (Wildman–Crippen LogP) is 3.84. The smallest absolute Gasteiger partial charge is 0.204 e. The molecule has 0 bridgehead atoms. The van der Waals surface area contributed by atoms with Gasteiger partial charge in [0.25, 0.3) is 0 Å². The summed E-state index contributed by atoms with van der Waals surface area (Å²) in [6.07, 6.45) is 0. The highest BCUT2D eigenvalue weighted by Gasteiger charge is 2.14. The summed E-state index contributed by atoms with van der Waals surface area (Å²) in [7, 11) is 0. The summed E-state index contributed by atoms with van der Waals surface area (Å²) in [6, 6.07) is 13.9. The number of aromatic nitrogens is 1. The Labute approximate surface area is 137 Å². The van der Waals surface area contributed by atoms with Crippen LogP contribution < -0.4 is 14.9 Å². The van der Waals surface area contributed by atoms with Crippen LogP contribution in [0.4, 0.5) is 5.13 Å². The fourth-order valence-corrected chi connectivity index (χ4v) is 3.13. The quantitative estimate of drug-likeness (QED) is 0.727. The lowest BCUT2D eigenvalue weighted by molar-refractivity contribution is 0.354. The van der Waals surface area contributed by atoms with E-state index in [9.17, 15) is 0 Å². The van der Waals surface area contributed by atoms with E-state index >= 15 is 0 Å². The molecule has 0 spiro atoms. The molecule has 0 atom stereocenters. The minimum absolute atomic E-state index is 0.397. The van der Waals surface area contributed by atoms with E-state index in [1.165, 1.54) is 0 Å². The predicted molar refractivity (Wildman–Crippen MR) is 92.8 cm³/mol. The molecule has 5 nitrogen and oxygen atoms in total. The van der Waals surface area contributed by atoms with Crippen LogP contribution in [0.1, 0.15) is 5.56 Å². The van der Waals surface area contributed by atoms with Crippen LogP contribution in [0, 0.1) is 6.92 Å². The van der Waals surface area contributed by atoms with E-state index in [1.54, 1.807) is 11.3 Å². The van der Waals surface area contributed by atoms with Crippen molar-refractivity contribution in [3.8, 4) is 11.5 Å². The van der Waals surface area contributed by atoms with Gasteiger partial charge in [-0.1, -0.05) is 29.5 Å². The number of anilines is 1. The number of hydrogen-bond acceptors (Lipinski definition) is 6. The number of thiazole rings is 1. The average molecular weight is 325 g/mol.